The Hall–Kier alpha value is -1.01. The number of hydrogen-bond donors (Lipinski definition) is 1. The third-order valence-electron chi connectivity index (χ3n) is 2.54. The van der Waals surface area contributed by atoms with Gasteiger partial charge in [-0.25, -0.2) is 17.2 Å². The Labute approximate surface area is 99.8 Å². The van der Waals surface area contributed by atoms with Gasteiger partial charge in [0, 0.05) is 12.1 Å². The number of halogens is 2. The minimum atomic E-state index is -3.69. The van der Waals surface area contributed by atoms with E-state index in [0.717, 1.165) is 12.1 Å². The first-order valence-electron chi connectivity index (χ1n) is 5.22. The fourth-order valence-corrected chi connectivity index (χ4v) is 2.83. The maximum absolute atomic E-state index is 13.3. The molecular formula is C11H15F2NO2S. The predicted molar refractivity (Wildman–Crippen MR) is 61.5 cm³/mol. The summed E-state index contributed by atoms with van der Waals surface area (Å²) in [6, 6.07) is 2.50. The summed E-state index contributed by atoms with van der Waals surface area (Å²) in [7, 11) is -1.98. The number of hydrogen-bond acceptors (Lipinski definition) is 3. The summed E-state index contributed by atoms with van der Waals surface area (Å²) in [5.74, 6) is -2.00. The molecular weight excluding hydrogens is 248 g/mol. The lowest BCUT2D eigenvalue weighted by Crippen LogP contribution is -2.24. The summed E-state index contributed by atoms with van der Waals surface area (Å²) in [6.45, 7) is 1.83. The second-order valence-electron chi connectivity index (χ2n) is 3.87. The van der Waals surface area contributed by atoms with Crippen molar-refractivity contribution in [3.63, 3.8) is 0 Å². The van der Waals surface area contributed by atoms with Crippen molar-refractivity contribution in [1.82, 2.24) is 5.32 Å². The lowest BCUT2D eigenvalue weighted by atomic mass is 10.3. The summed E-state index contributed by atoms with van der Waals surface area (Å²) in [5, 5.41) is 2.89. The average Bonchev–Trinajstić information content (AvgIpc) is 2.25. The van der Waals surface area contributed by atoms with Crippen molar-refractivity contribution in [2.24, 2.45) is 0 Å². The summed E-state index contributed by atoms with van der Waals surface area (Å²) in [4.78, 5) is -0.442. The van der Waals surface area contributed by atoms with E-state index in [1.165, 1.54) is 0 Å². The highest BCUT2D eigenvalue weighted by Crippen LogP contribution is 2.18. The van der Waals surface area contributed by atoms with Crippen molar-refractivity contribution in [2.75, 3.05) is 12.8 Å². The van der Waals surface area contributed by atoms with Crippen LogP contribution < -0.4 is 5.32 Å². The van der Waals surface area contributed by atoms with Gasteiger partial charge in [-0.15, -0.1) is 0 Å². The largest absolute Gasteiger partial charge is 0.317 e. The molecule has 0 spiro atoms. The van der Waals surface area contributed by atoms with Gasteiger partial charge in [0.25, 0.3) is 0 Å². The Kier molecular flexibility index (Phi) is 4.59. The molecule has 17 heavy (non-hydrogen) atoms. The molecule has 0 amide bonds. The molecule has 6 heteroatoms. The molecule has 1 atom stereocenters. The van der Waals surface area contributed by atoms with Gasteiger partial charge in [0.1, 0.15) is 16.5 Å². The first kappa shape index (κ1) is 14.1. The normalized spacial score (nSPS) is 13.6. The molecule has 3 nitrogen and oxygen atoms in total. The monoisotopic (exact) mass is 263 g/mol. The first-order valence-corrected chi connectivity index (χ1v) is 6.87. The van der Waals surface area contributed by atoms with Gasteiger partial charge in [0.2, 0.25) is 0 Å². The first-order chi connectivity index (χ1) is 7.86. The molecule has 96 valence electrons. The number of nitrogens with one attached hydrogen (secondary N) is 1. The molecule has 0 aliphatic carbocycles. The van der Waals surface area contributed by atoms with Gasteiger partial charge < -0.3 is 5.32 Å². The number of rotatable bonds is 5. The highest BCUT2D eigenvalue weighted by molar-refractivity contribution is 7.91. The fourth-order valence-electron chi connectivity index (χ4n) is 1.31. The van der Waals surface area contributed by atoms with Gasteiger partial charge in [0.05, 0.1) is 5.75 Å². The minimum Gasteiger partial charge on any atom is -0.317 e. The van der Waals surface area contributed by atoms with Crippen molar-refractivity contribution >= 4 is 9.84 Å². The van der Waals surface area contributed by atoms with E-state index < -0.39 is 26.4 Å². The molecule has 1 unspecified atom stereocenters. The van der Waals surface area contributed by atoms with Gasteiger partial charge in [0.15, 0.2) is 9.84 Å². The summed E-state index contributed by atoms with van der Waals surface area (Å²) < 4.78 is 49.6. The molecule has 0 saturated carbocycles. The Morgan fingerprint density at radius 1 is 1.35 bits per heavy atom. The van der Waals surface area contributed by atoms with Crippen LogP contribution >= 0.6 is 0 Å². The van der Waals surface area contributed by atoms with E-state index in [4.69, 9.17) is 0 Å². The van der Waals surface area contributed by atoms with Crippen LogP contribution in [-0.2, 0) is 9.84 Å². The zero-order valence-corrected chi connectivity index (χ0v) is 10.5. The molecule has 1 aromatic rings. The third kappa shape index (κ3) is 3.74. The van der Waals surface area contributed by atoms with E-state index in [1.807, 2.05) is 6.92 Å². The van der Waals surface area contributed by atoms with Crippen LogP contribution in [0, 0.1) is 11.6 Å². The molecule has 0 fully saturated rings. The highest BCUT2D eigenvalue weighted by Gasteiger charge is 2.20. The Morgan fingerprint density at radius 2 is 2.00 bits per heavy atom. The molecule has 0 saturated heterocycles. The maximum Gasteiger partial charge on any atom is 0.181 e. The van der Waals surface area contributed by atoms with E-state index in [1.54, 1.807) is 7.05 Å². The van der Waals surface area contributed by atoms with E-state index >= 15 is 0 Å². The molecule has 0 aliphatic heterocycles. The molecule has 1 aromatic carbocycles. The van der Waals surface area contributed by atoms with Gasteiger partial charge in [-0.3, -0.25) is 0 Å². The lowest BCUT2D eigenvalue weighted by Gasteiger charge is -2.10. The fraction of sp³-hybridized carbons (Fsp3) is 0.455. The molecule has 0 aliphatic rings. The van der Waals surface area contributed by atoms with Crippen LogP contribution in [0.2, 0.25) is 0 Å². The van der Waals surface area contributed by atoms with E-state index in [0.29, 0.717) is 12.5 Å². The van der Waals surface area contributed by atoms with Crippen LogP contribution in [0.25, 0.3) is 0 Å². The molecule has 0 radical (unpaired) electrons. The van der Waals surface area contributed by atoms with Gasteiger partial charge >= 0.3 is 0 Å². The summed E-state index contributed by atoms with van der Waals surface area (Å²) in [5.41, 5.74) is 0. The Bertz CT molecular complexity index is 488. The van der Waals surface area contributed by atoms with Crippen LogP contribution in [0.3, 0.4) is 0 Å². The van der Waals surface area contributed by atoms with E-state index in [9.17, 15) is 17.2 Å². The zero-order chi connectivity index (χ0) is 13.1. The van der Waals surface area contributed by atoms with Crippen LogP contribution in [0.5, 0.6) is 0 Å². The van der Waals surface area contributed by atoms with Crippen molar-refractivity contribution in [3.8, 4) is 0 Å². The van der Waals surface area contributed by atoms with Gasteiger partial charge in [-0.05, 0) is 32.5 Å². The van der Waals surface area contributed by atoms with Crippen molar-refractivity contribution < 1.29 is 17.2 Å². The van der Waals surface area contributed by atoms with Crippen LogP contribution in [0.15, 0.2) is 23.1 Å². The second-order valence-corrected chi connectivity index (χ2v) is 5.95. The SMILES string of the molecule is CNC(C)CCS(=O)(=O)c1ccc(F)cc1F. The Balaban J connectivity index is 2.90. The average molecular weight is 263 g/mol. The summed E-state index contributed by atoms with van der Waals surface area (Å²) in [6.07, 6.45) is 0.371. The molecule has 1 N–H and O–H groups in total. The van der Waals surface area contributed by atoms with Gasteiger partial charge in [-0.2, -0.15) is 0 Å². The van der Waals surface area contributed by atoms with E-state index in [-0.39, 0.29) is 11.8 Å². The molecule has 1 rings (SSSR count). The molecule has 0 heterocycles. The molecule has 0 bridgehead atoms. The summed E-state index contributed by atoms with van der Waals surface area (Å²) >= 11 is 0. The highest BCUT2D eigenvalue weighted by atomic mass is 32.2. The van der Waals surface area contributed by atoms with Crippen LogP contribution in [-0.4, -0.2) is 27.3 Å². The van der Waals surface area contributed by atoms with Gasteiger partial charge in [-0.1, -0.05) is 0 Å². The van der Waals surface area contributed by atoms with Crippen LogP contribution in [0.1, 0.15) is 13.3 Å². The standard InChI is InChI=1S/C11H15F2NO2S/c1-8(14-2)5-6-17(15,16)11-4-3-9(12)7-10(11)13/h3-4,7-8,14H,5-6H2,1-2H3. The zero-order valence-electron chi connectivity index (χ0n) is 9.70. The minimum absolute atomic E-state index is 0.0216. The quantitative estimate of drug-likeness (QED) is 0.823. The maximum atomic E-state index is 13.3. The number of sulfone groups is 1. The van der Waals surface area contributed by atoms with Crippen LogP contribution in [0.4, 0.5) is 8.78 Å². The predicted octanol–water partition coefficient (Wildman–Crippen LogP) is 1.74. The Morgan fingerprint density at radius 3 is 2.53 bits per heavy atom. The smallest absolute Gasteiger partial charge is 0.181 e. The van der Waals surface area contributed by atoms with Crippen molar-refractivity contribution in [3.05, 3.63) is 29.8 Å². The third-order valence-corrected chi connectivity index (χ3v) is 4.32. The van der Waals surface area contributed by atoms with Crippen molar-refractivity contribution in [2.45, 2.75) is 24.3 Å². The number of benzene rings is 1. The van der Waals surface area contributed by atoms with Crippen molar-refractivity contribution in [1.29, 1.82) is 0 Å². The van der Waals surface area contributed by atoms with E-state index in [2.05, 4.69) is 5.32 Å². The lowest BCUT2D eigenvalue weighted by molar-refractivity contribution is 0.541. The second kappa shape index (κ2) is 5.55. The molecule has 0 aromatic heterocycles. The topological polar surface area (TPSA) is 46.2 Å².